The maximum Gasteiger partial charge on any atom is 0.246 e. The molecule has 1 amide bonds. The third kappa shape index (κ3) is 4.04. The summed E-state index contributed by atoms with van der Waals surface area (Å²) in [5.74, 6) is 0.626. The number of nitrogens with zero attached hydrogens (tertiary/aromatic N) is 5. The number of carbonyl (C=O) groups excluding carboxylic acids is 1. The third-order valence-corrected chi connectivity index (χ3v) is 6.25. The zero-order valence-corrected chi connectivity index (χ0v) is 18.7. The van der Waals surface area contributed by atoms with Crippen molar-refractivity contribution >= 4 is 34.2 Å². The van der Waals surface area contributed by atoms with Gasteiger partial charge in [-0.2, -0.15) is 0 Å². The highest BCUT2D eigenvalue weighted by Gasteiger charge is 2.32. The van der Waals surface area contributed by atoms with Gasteiger partial charge < -0.3 is 14.6 Å². The summed E-state index contributed by atoms with van der Waals surface area (Å²) in [6.07, 6.45) is 3.78. The Balaban J connectivity index is 1.73. The summed E-state index contributed by atoms with van der Waals surface area (Å²) in [5, 5.41) is 1.51. The van der Waals surface area contributed by atoms with Crippen LogP contribution in [0.2, 0.25) is 5.02 Å². The maximum absolute atomic E-state index is 12.2. The summed E-state index contributed by atoms with van der Waals surface area (Å²) in [6, 6.07) is 12.0. The number of halogens is 1. The van der Waals surface area contributed by atoms with Crippen molar-refractivity contribution in [2.24, 2.45) is 0 Å². The Hall–Kier alpha value is -3.43. The van der Waals surface area contributed by atoms with Crippen LogP contribution >= 0.6 is 11.6 Å². The van der Waals surface area contributed by atoms with E-state index < -0.39 is 0 Å². The Morgan fingerprint density at radius 1 is 1.28 bits per heavy atom. The zero-order valence-electron chi connectivity index (χ0n) is 18.0. The summed E-state index contributed by atoms with van der Waals surface area (Å²) in [6.45, 7) is 14.9. The Kier molecular flexibility index (Phi) is 6.38. The van der Waals surface area contributed by atoms with Crippen molar-refractivity contribution in [1.29, 1.82) is 0 Å². The highest BCUT2D eigenvalue weighted by Crippen LogP contribution is 2.36. The molecule has 1 aromatic heterocycles. The van der Waals surface area contributed by atoms with E-state index in [0.29, 0.717) is 24.7 Å². The van der Waals surface area contributed by atoms with Crippen LogP contribution in [0.25, 0.3) is 26.9 Å². The molecule has 4 rings (SSSR count). The van der Waals surface area contributed by atoms with Crippen LogP contribution in [0.5, 0.6) is 0 Å². The molecule has 2 heterocycles. The molecule has 7 heteroatoms. The molecule has 0 saturated carbocycles. The fourth-order valence-electron chi connectivity index (χ4n) is 4.33. The predicted octanol–water partition coefficient (Wildman–Crippen LogP) is 4.64. The number of amides is 1. The molecular weight excluding hydrogens is 422 g/mol. The average Bonchev–Trinajstić information content (AvgIpc) is 2.83. The summed E-state index contributed by atoms with van der Waals surface area (Å²) >= 11 is 6.76. The number of benzene rings is 2. The highest BCUT2D eigenvalue weighted by molar-refractivity contribution is 6.34. The molecule has 0 aliphatic carbocycles. The Bertz CT molecular complexity index is 1220. The molecule has 32 heavy (non-hydrogen) atoms. The van der Waals surface area contributed by atoms with Gasteiger partial charge in [-0.05, 0) is 35.8 Å². The highest BCUT2D eigenvalue weighted by atomic mass is 35.5. The monoisotopic (exact) mass is 445 g/mol. The fraction of sp³-hybridized carbons (Fsp3) is 0.280. The van der Waals surface area contributed by atoms with Crippen LogP contribution in [-0.4, -0.2) is 53.0 Å². The molecule has 1 fully saturated rings. The van der Waals surface area contributed by atoms with E-state index in [9.17, 15) is 4.79 Å². The fourth-order valence-corrected chi connectivity index (χ4v) is 4.59. The number of hydrogen-bond donors (Lipinski definition) is 0. The van der Waals surface area contributed by atoms with Crippen molar-refractivity contribution in [2.45, 2.75) is 19.4 Å². The summed E-state index contributed by atoms with van der Waals surface area (Å²) in [7, 11) is 0. The number of carbonyl (C=O) groups is 1. The smallest absolute Gasteiger partial charge is 0.246 e. The zero-order chi connectivity index (χ0) is 22.7. The summed E-state index contributed by atoms with van der Waals surface area (Å²) in [4.78, 5) is 28.6. The molecule has 1 atom stereocenters. The lowest BCUT2D eigenvalue weighted by molar-refractivity contribution is -0.128. The van der Waals surface area contributed by atoms with Gasteiger partial charge in [-0.1, -0.05) is 49.4 Å². The van der Waals surface area contributed by atoms with Crippen LogP contribution in [0.1, 0.15) is 12.5 Å². The minimum Gasteiger partial charge on any atom is -0.352 e. The minimum absolute atomic E-state index is 0.145. The molecule has 1 unspecified atom stereocenters. The molecule has 1 aliphatic rings. The molecule has 162 valence electrons. The van der Waals surface area contributed by atoms with Crippen molar-refractivity contribution in [3.05, 3.63) is 77.4 Å². The van der Waals surface area contributed by atoms with Gasteiger partial charge in [-0.3, -0.25) is 4.79 Å². The van der Waals surface area contributed by atoms with Crippen molar-refractivity contribution in [2.75, 3.05) is 31.1 Å². The topological polar surface area (TPSA) is 53.7 Å². The van der Waals surface area contributed by atoms with E-state index in [2.05, 4.69) is 45.3 Å². The van der Waals surface area contributed by atoms with Gasteiger partial charge in [0.25, 0.3) is 0 Å². The van der Waals surface area contributed by atoms with Gasteiger partial charge in [0.15, 0.2) is 0 Å². The average molecular weight is 446 g/mol. The van der Waals surface area contributed by atoms with Crippen LogP contribution in [0.3, 0.4) is 0 Å². The predicted molar refractivity (Wildman–Crippen MR) is 129 cm³/mol. The number of piperazine rings is 1. The second-order valence-electron chi connectivity index (χ2n) is 7.73. The van der Waals surface area contributed by atoms with E-state index in [1.807, 2.05) is 24.3 Å². The molecule has 0 N–H and O–H groups in total. The number of hydrogen-bond acceptors (Lipinski definition) is 4. The summed E-state index contributed by atoms with van der Waals surface area (Å²) < 4.78 is 0. The van der Waals surface area contributed by atoms with E-state index in [-0.39, 0.29) is 18.5 Å². The standard InChI is InChI=1S/C25H24ClN5O/c1-4-17-8-6-7-9-19(17)20-13-23-21(12-22(20)26)25(29-16-28-23)30-10-11-31(24(32)5-2)18(15-30)14-27-3/h5-9,12-13,16,18H,2,4,10-11,14-15H2,1H3. The SMILES string of the molecule is [C-]#[N+]CC1CN(c2ncnc3cc(-c4ccccc4CC)c(Cl)cc23)CCN1C(=O)C=C. The van der Waals surface area contributed by atoms with Gasteiger partial charge >= 0.3 is 0 Å². The number of aromatic nitrogens is 2. The second-order valence-corrected chi connectivity index (χ2v) is 8.14. The van der Waals surface area contributed by atoms with Gasteiger partial charge in [0.1, 0.15) is 18.2 Å². The van der Waals surface area contributed by atoms with Crippen LogP contribution in [-0.2, 0) is 11.2 Å². The molecule has 0 bridgehead atoms. The number of rotatable bonds is 5. The van der Waals surface area contributed by atoms with Gasteiger partial charge in [0.05, 0.1) is 5.52 Å². The van der Waals surface area contributed by atoms with Crippen LogP contribution in [0.15, 0.2) is 55.4 Å². The van der Waals surface area contributed by atoms with E-state index in [0.717, 1.165) is 34.3 Å². The van der Waals surface area contributed by atoms with Crippen molar-refractivity contribution in [3.8, 4) is 11.1 Å². The number of anilines is 1. The molecule has 3 aromatic rings. The Morgan fingerprint density at radius 3 is 2.84 bits per heavy atom. The first-order chi connectivity index (χ1) is 15.6. The number of aryl methyl sites for hydroxylation is 1. The molecule has 0 spiro atoms. The molecule has 2 aromatic carbocycles. The normalized spacial score (nSPS) is 16.1. The maximum atomic E-state index is 12.2. The first-order valence-corrected chi connectivity index (χ1v) is 11.0. The lowest BCUT2D eigenvalue weighted by atomic mass is 9.97. The van der Waals surface area contributed by atoms with Crippen molar-refractivity contribution in [1.82, 2.24) is 14.9 Å². The van der Waals surface area contributed by atoms with Crippen LogP contribution in [0.4, 0.5) is 5.82 Å². The molecular formula is C25H24ClN5O. The Labute approximate surface area is 193 Å². The molecule has 1 aliphatic heterocycles. The third-order valence-electron chi connectivity index (χ3n) is 5.93. The van der Waals surface area contributed by atoms with Gasteiger partial charge in [0, 0.05) is 35.6 Å². The molecule has 1 saturated heterocycles. The largest absolute Gasteiger partial charge is 0.352 e. The lowest BCUT2D eigenvalue weighted by Crippen LogP contribution is -2.56. The van der Waals surface area contributed by atoms with Gasteiger partial charge in [-0.25, -0.2) is 16.5 Å². The first-order valence-electron chi connectivity index (χ1n) is 10.6. The van der Waals surface area contributed by atoms with E-state index in [1.54, 1.807) is 11.2 Å². The van der Waals surface area contributed by atoms with E-state index >= 15 is 0 Å². The van der Waals surface area contributed by atoms with Gasteiger partial charge in [0.2, 0.25) is 12.5 Å². The second kappa shape index (κ2) is 9.37. The molecule has 0 radical (unpaired) electrons. The molecule has 6 nitrogen and oxygen atoms in total. The van der Waals surface area contributed by atoms with Crippen molar-refractivity contribution in [3.63, 3.8) is 0 Å². The quantitative estimate of drug-likeness (QED) is 0.424. The summed E-state index contributed by atoms with van der Waals surface area (Å²) in [5.41, 5.74) is 4.10. The minimum atomic E-state index is -0.219. The van der Waals surface area contributed by atoms with Crippen LogP contribution in [0, 0.1) is 6.57 Å². The Morgan fingerprint density at radius 2 is 2.09 bits per heavy atom. The van der Waals surface area contributed by atoms with Crippen molar-refractivity contribution < 1.29 is 4.79 Å². The van der Waals surface area contributed by atoms with E-state index in [1.165, 1.54) is 11.6 Å². The first kappa shape index (κ1) is 21.8. The van der Waals surface area contributed by atoms with Crippen LogP contribution < -0.4 is 4.90 Å². The lowest BCUT2D eigenvalue weighted by Gasteiger charge is -2.39. The van der Waals surface area contributed by atoms with E-state index in [4.69, 9.17) is 18.2 Å². The number of fused-ring (bicyclic) bond motifs is 1. The van der Waals surface area contributed by atoms with Gasteiger partial charge in [-0.15, -0.1) is 0 Å².